The second kappa shape index (κ2) is 24.8. The van der Waals surface area contributed by atoms with Gasteiger partial charge in [0.2, 0.25) is 11.8 Å². The molecule has 0 bridgehead atoms. The third-order valence-corrected chi connectivity index (χ3v) is 7.40. The predicted octanol–water partition coefficient (Wildman–Crippen LogP) is 3.55. The van der Waals surface area contributed by atoms with Gasteiger partial charge in [0, 0.05) is 25.8 Å². The van der Waals surface area contributed by atoms with Crippen LogP contribution in [-0.2, 0) is 27.2 Å². The number of amides is 3. The zero-order valence-corrected chi connectivity index (χ0v) is 30.7. The zero-order valence-electron chi connectivity index (χ0n) is 29.9. The number of aryl methyl sites for hydroxylation is 2. The summed E-state index contributed by atoms with van der Waals surface area (Å²) >= 11 is 5.79. The van der Waals surface area contributed by atoms with E-state index in [1.807, 2.05) is 26.0 Å². The Morgan fingerprint density at radius 3 is 1.83 bits per heavy atom. The number of hydrogen-bond acceptors (Lipinski definition) is 10. The number of carbonyl (C=O) groups excluding carboxylic acids is 3. The Morgan fingerprint density at radius 1 is 0.769 bits per heavy atom. The first-order valence-corrected chi connectivity index (χ1v) is 17.4. The van der Waals surface area contributed by atoms with E-state index in [-0.39, 0.29) is 46.7 Å². The number of anilines is 2. The van der Waals surface area contributed by atoms with E-state index in [1.54, 1.807) is 0 Å². The number of carboxylic acid groups (broad SMARTS) is 1. The molecule has 0 aliphatic heterocycles. The van der Waals surface area contributed by atoms with Gasteiger partial charge in [0.05, 0.1) is 0 Å². The van der Waals surface area contributed by atoms with Crippen LogP contribution in [0.2, 0.25) is 5.15 Å². The molecule has 52 heavy (non-hydrogen) atoms. The second-order valence-electron chi connectivity index (χ2n) is 12.2. The zero-order chi connectivity index (χ0) is 39.1. The van der Waals surface area contributed by atoms with Crippen LogP contribution in [-0.4, -0.2) is 57.8 Å². The van der Waals surface area contributed by atoms with Crippen molar-refractivity contribution in [3.05, 3.63) is 70.5 Å². The number of rotatable bonds is 17. The Bertz CT molecular complexity index is 1600. The van der Waals surface area contributed by atoms with Crippen molar-refractivity contribution >= 4 is 52.9 Å². The molecular weight excluding hydrogens is 688 g/mol. The Hall–Kier alpha value is -5.28. The molecule has 2 aromatic carbocycles. The second-order valence-corrected chi connectivity index (χ2v) is 12.6. The van der Waals surface area contributed by atoms with Gasteiger partial charge in [0.1, 0.15) is 0 Å². The van der Waals surface area contributed by atoms with E-state index in [0.717, 1.165) is 55.2 Å². The molecule has 0 saturated heterocycles. The first-order valence-electron chi connectivity index (χ1n) is 17.0. The Labute approximate surface area is 310 Å². The van der Waals surface area contributed by atoms with Crippen LogP contribution in [0.25, 0.3) is 11.1 Å². The molecule has 0 spiro atoms. The fourth-order valence-corrected chi connectivity index (χ4v) is 4.59. The third kappa shape index (κ3) is 19.8. The van der Waals surface area contributed by atoms with Gasteiger partial charge >= 0.3 is 5.97 Å². The topological polar surface area (TPSA) is 295 Å². The lowest BCUT2D eigenvalue weighted by Crippen LogP contribution is -2.38. The molecule has 3 aromatic rings. The molecular formula is C36H53ClN10O5. The summed E-state index contributed by atoms with van der Waals surface area (Å²) in [5.74, 6) is -1.74. The molecule has 0 saturated carbocycles. The molecule has 0 radical (unpaired) electrons. The summed E-state index contributed by atoms with van der Waals surface area (Å²) in [4.78, 5) is 54.9. The lowest BCUT2D eigenvalue weighted by atomic mass is 9.99. The van der Waals surface area contributed by atoms with Crippen LogP contribution < -0.4 is 39.7 Å². The number of unbranched alkanes of at least 4 members (excludes halogenated alkanes) is 3. The number of aliphatic imine (C=N–C) groups is 1. The fraction of sp³-hybridized carbons (Fsp3) is 0.417. The lowest BCUT2D eigenvalue weighted by Gasteiger charge is -2.07. The van der Waals surface area contributed by atoms with E-state index < -0.39 is 11.9 Å². The van der Waals surface area contributed by atoms with E-state index in [1.165, 1.54) is 5.56 Å². The van der Waals surface area contributed by atoms with E-state index in [9.17, 15) is 19.2 Å². The van der Waals surface area contributed by atoms with Gasteiger partial charge < -0.3 is 39.5 Å². The number of guanidine groups is 1. The minimum Gasteiger partial charge on any atom is -0.481 e. The number of primary amides is 2. The number of aromatic nitrogens is 2. The van der Waals surface area contributed by atoms with Crippen molar-refractivity contribution < 1.29 is 24.3 Å². The van der Waals surface area contributed by atoms with Gasteiger partial charge in [0.15, 0.2) is 28.4 Å². The van der Waals surface area contributed by atoms with Crippen LogP contribution in [0.15, 0.2) is 53.5 Å². The summed E-state index contributed by atoms with van der Waals surface area (Å²) in [6, 6.07) is 16.6. The highest BCUT2D eigenvalue weighted by Crippen LogP contribution is 2.22. The van der Waals surface area contributed by atoms with Crippen molar-refractivity contribution in [2.75, 3.05) is 24.6 Å². The summed E-state index contributed by atoms with van der Waals surface area (Å²) < 4.78 is 0. The predicted molar refractivity (Wildman–Crippen MR) is 206 cm³/mol. The van der Waals surface area contributed by atoms with Crippen LogP contribution in [0.3, 0.4) is 0 Å². The number of hydrogen-bond donors (Lipinski definition) is 8. The molecule has 3 rings (SSSR count). The van der Waals surface area contributed by atoms with Crippen molar-refractivity contribution in [2.24, 2.45) is 33.8 Å². The number of aliphatic carboxylic acids is 1. The number of nitrogens with zero attached hydrogens (tertiary/aromatic N) is 3. The quantitative estimate of drug-likeness (QED) is 0.0562. The molecule has 3 amide bonds. The third-order valence-electron chi connectivity index (χ3n) is 7.12. The number of nitrogens with one attached hydrogen (secondary N) is 1. The highest BCUT2D eigenvalue weighted by Gasteiger charge is 2.16. The van der Waals surface area contributed by atoms with Crippen molar-refractivity contribution in [3.8, 4) is 11.1 Å². The summed E-state index contributed by atoms with van der Waals surface area (Å²) in [5, 5.41) is 10.5. The summed E-state index contributed by atoms with van der Waals surface area (Å²) in [7, 11) is 0. The maximum absolute atomic E-state index is 12.2. The highest BCUT2D eigenvalue weighted by atomic mass is 35.5. The molecule has 1 heterocycles. The minimum absolute atomic E-state index is 0.0425. The van der Waals surface area contributed by atoms with Gasteiger partial charge in [-0.2, -0.15) is 0 Å². The molecule has 0 aliphatic carbocycles. The first-order chi connectivity index (χ1) is 24.6. The van der Waals surface area contributed by atoms with E-state index in [4.69, 9.17) is 51.1 Å². The molecule has 14 N–H and O–H groups in total. The average Bonchev–Trinajstić information content (AvgIpc) is 3.07. The highest BCUT2D eigenvalue weighted by molar-refractivity contribution is 6.31. The Balaban J connectivity index is 0.000000701. The number of benzene rings is 2. The van der Waals surface area contributed by atoms with Crippen LogP contribution in [0.1, 0.15) is 86.8 Å². The maximum atomic E-state index is 12.2. The molecule has 0 aliphatic rings. The molecule has 0 atom stereocenters. The molecule has 284 valence electrons. The number of nitrogen functional groups attached to an aromatic ring is 2. The van der Waals surface area contributed by atoms with Crippen molar-refractivity contribution in [1.82, 2.24) is 15.3 Å². The van der Waals surface area contributed by atoms with E-state index >= 15 is 0 Å². The van der Waals surface area contributed by atoms with Gasteiger partial charge in [-0.25, -0.2) is 9.97 Å². The summed E-state index contributed by atoms with van der Waals surface area (Å²) in [5.41, 5.74) is 36.6. The first kappa shape index (κ1) is 44.7. The standard InChI is InChI=1S/C25H29ClN8O2.C6H13NO2.C5H11NO/c26-21-23(29)33-22(28)20(32-21)24(36)34-25(30)31-14-2-1-3-15-4-9-17(10-5-15)18-11-6-16(7-12-18)8-13-19(27)35;7-5-3-1-2-4-6(8)9;1-4(2)3-5(6)7/h4-7,9-12H,1-3,8,13-14H2,(H2,27,35)(H4,28,29,33)(H3,30,31,34,36);1-5,7H2,(H,8,9);4H,3H2,1-2H3,(H2,6,7). The molecule has 16 heteroatoms. The number of halogens is 1. The van der Waals surface area contributed by atoms with Crippen molar-refractivity contribution in [3.63, 3.8) is 0 Å². The van der Waals surface area contributed by atoms with Crippen LogP contribution in [0.4, 0.5) is 11.6 Å². The molecule has 0 fully saturated rings. The monoisotopic (exact) mass is 740 g/mol. The normalized spacial score (nSPS) is 10.8. The van der Waals surface area contributed by atoms with Crippen LogP contribution >= 0.6 is 11.6 Å². The SMILES string of the molecule is CC(C)CC(N)=O.NC(=O)CCc1ccc(-c2ccc(CCCCN=C(N)NC(=O)c3nc(Cl)c(N)nc3N)cc2)cc1.NCCCCCC(=O)O. The van der Waals surface area contributed by atoms with Crippen LogP contribution in [0, 0.1) is 5.92 Å². The minimum atomic E-state index is -0.716. The Morgan fingerprint density at radius 2 is 1.35 bits per heavy atom. The fourth-order valence-electron chi connectivity index (χ4n) is 4.46. The van der Waals surface area contributed by atoms with E-state index in [2.05, 4.69) is 56.7 Å². The number of carbonyl (C=O) groups is 4. The Kier molecular flexibility index (Phi) is 21.3. The molecule has 1 aromatic heterocycles. The molecule has 0 unspecified atom stereocenters. The van der Waals surface area contributed by atoms with Crippen molar-refractivity contribution in [2.45, 2.75) is 78.1 Å². The number of nitrogens with two attached hydrogens (primary N) is 6. The largest absolute Gasteiger partial charge is 0.481 e. The summed E-state index contributed by atoms with van der Waals surface area (Å²) in [6.45, 7) is 5.05. The van der Waals surface area contributed by atoms with Gasteiger partial charge in [-0.05, 0) is 73.2 Å². The van der Waals surface area contributed by atoms with Gasteiger partial charge in [-0.3, -0.25) is 29.5 Å². The summed E-state index contributed by atoms with van der Waals surface area (Å²) in [6.07, 6.45) is 7.00. The van der Waals surface area contributed by atoms with Crippen molar-refractivity contribution in [1.29, 1.82) is 0 Å². The average molecular weight is 741 g/mol. The van der Waals surface area contributed by atoms with Gasteiger partial charge in [-0.15, -0.1) is 0 Å². The van der Waals surface area contributed by atoms with Crippen LogP contribution in [0.5, 0.6) is 0 Å². The smallest absolute Gasteiger partial charge is 0.303 e. The maximum Gasteiger partial charge on any atom is 0.303 e. The lowest BCUT2D eigenvalue weighted by molar-refractivity contribution is -0.137. The van der Waals surface area contributed by atoms with Gasteiger partial charge in [-0.1, -0.05) is 80.4 Å². The van der Waals surface area contributed by atoms with E-state index in [0.29, 0.717) is 38.3 Å². The number of carboxylic acids is 1. The molecule has 15 nitrogen and oxygen atoms in total. The van der Waals surface area contributed by atoms with Gasteiger partial charge in [0.25, 0.3) is 5.91 Å².